The first-order valence-corrected chi connectivity index (χ1v) is 5.92. The molecule has 1 N–H and O–H groups in total. The Morgan fingerprint density at radius 3 is 3.00 bits per heavy atom. The molecule has 16 heavy (non-hydrogen) atoms. The molecule has 0 fully saturated rings. The van der Waals surface area contributed by atoms with Crippen LogP contribution in [0.15, 0.2) is 41.3 Å². The Hall–Kier alpha value is -1.20. The molecule has 0 aliphatic carbocycles. The van der Waals surface area contributed by atoms with Crippen LogP contribution in [-0.2, 0) is 13.1 Å². The number of halogens is 1. The van der Waals surface area contributed by atoms with Crippen LogP contribution in [0.3, 0.4) is 0 Å². The first-order chi connectivity index (χ1) is 7.84. The van der Waals surface area contributed by atoms with Crippen molar-refractivity contribution in [3.63, 3.8) is 0 Å². The summed E-state index contributed by atoms with van der Waals surface area (Å²) in [5.41, 5.74) is 1.05. The third-order valence-corrected chi connectivity index (χ3v) is 2.64. The van der Waals surface area contributed by atoms with Crippen LogP contribution in [0.2, 0.25) is 0 Å². The summed E-state index contributed by atoms with van der Waals surface area (Å²) in [6, 6.07) is 5.93. The van der Waals surface area contributed by atoms with Crippen molar-refractivity contribution in [2.75, 3.05) is 6.54 Å². The number of rotatable bonds is 5. The number of hydrogen-bond donors (Lipinski definition) is 1. The molecule has 0 saturated heterocycles. The van der Waals surface area contributed by atoms with Crippen LogP contribution in [0.5, 0.6) is 0 Å². The van der Waals surface area contributed by atoms with Crippen LogP contribution < -0.4 is 5.32 Å². The largest absolute Gasteiger partial charge is 0.309 e. The van der Waals surface area contributed by atoms with Gasteiger partial charge in [0, 0.05) is 36.2 Å². The fourth-order valence-corrected chi connectivity index (χ4v) is 1.59. The number of nitrogens with zero attached hydrogens (tertiary/aromatic N) is 3. The molecule has 5 heteroatoms. The van der Waals surface area contributed by atoms with E-state index >= 15 is 0 Å². The number of pyridine rings is 1. The molecule has 0 aliphatic heterocycles. The van der Waals surface area contributed by atoms with Crippen molar-refractivity contribution in [3.05, 3.63) is 47.0 Å². The highest BCUT2D eigenvalue weighted by Crippen LogP contribution is 2.06. The topological polar surface area (TPSA) is 42.7 Å². The smallest absolute Gasteiger partial charge is 0.0542 e. The molecule has 2 heterocycles. The molecule has 0 radical (unpaired) electrons. The second-order valence-corrected chi connectivity index (χ2v) is 4.33. The Morgan fingerprint density at radius 1 is 1.38 bits per heavy atom. The summed E-state index contributed by atoms with van der Waals surface area (Å²) in [6.07, 6.45) is 5.56. The molecule has 0 atom stereocenters. The second kappa shape index (κ2) is 5.77. The Labute approximate surface area is 103 Å². The summed E-state index contributed by atoms with van der Waals surface area (Å²) >= 11 is 3.36. The van der Waals surface area contributed by atoms with Crippen LogP contribution in [0.1, 0.15) is 5.69 Å². The van der Waals surface area contributed by atoms with E-state index in [1.807, 2.05) is 35.3 Å². The Kier molecular flexibility index (Phi) is 4.07. The van der Waals surface area contributed by atoms with Gasteiger partial charge in [0.25, 0.3) is 0 Å². The van der Waals surface area contributed by atoms with Gasteiger partial charge < -0.3 is 5.32 Å². The lowest BCUT2D eigenvalue weighted by Gasteiger charge is -2.04. The van der Waals surface area contributed by atoms with Gasteiger partial charge in [-0.15, -0.1) is 0 Å². The van der Waals surface area contributed by atoms with Gasteiger partial charge >= 0.3 is 0 Å². The van der Waals surface area contributed by atoms with Gasteiger partial charge in [0.2, 0.25) is 0 Å². The van der Waals surface area contributed by atoms with E-state index in [0.717, 1.165) is 29.8 Å². The summed E-state index contributed by atoms with van der Waals surface area (Å²) in [5.74, 6) is 0. The zero-order valence-electron chi connectivity index (χ0n) is 8.81. The van der Waals surface area contributed by atoms with Crippen LogP contribution in [0.4, 0.5) is 0 Å². The third kappa shape index (κ3) is 3.43. The molecule has 2 rings (SSSR count). The van der Waals surface area contributed by atoms with Gasteiger partial charge in [0.15, 0.2) is 0 Å². The number of aromatic nitrogens is 3. The van der Waals surface area contributed by atoms with Crippen molar-refractivity contribution in [2.24, 2.45) is 0 Å². The van der Waals surface area contributed by atoms with Gasteiger partial charge in [-0.3, -0.25) is 9.67 Å². The van der Waals surface area contributed by atoms with E-state index in [2.05, 4.69) is 31.3 Å². The van der Waals surface area contributed by atoms with Gasteiger partial charge in [-0.1, -0.05) is 0 Å². The zero-order valence-corrected chi connectivity index (χ0v) is 10.4. The quantitative estimate of drug-likeness (QED) is 0.850. The average molecular weight is 281 g/mol. The lowest BCUT2D eigenvalue weighted by Crippen LogP contribution is -2.20. The lowest BCUT2D eigenvalue weighted by molar-refractivity contribution is 0.551. The van der Waals surface area contributed by atoms with Crippen LogP contribution in [0.25, 0.3) is 0 Å². The van der Waals surface area contributed by atoms with Crippen molar-refractivity contribution < 1.29 is 0 Å². The van der Waals surface area contributed by atoms with Gasteiger partial charge in [-0.25, -0.2) is 0 Å². The summed E-state index contributed by atoms with van der Waals surface area (Å²) < 4.78 is 2.91. The maximum atomic E-state index is 4.28. The fraction of sp³-hybridized carbons (Fsp3) is 0.273. The fourth-order valence-electron chi connectivity index (χ4n) is 1.35. The van der Waals surface area contributed by atoms with Gasteiger partial charge in [-0.2, -0.15) is 5.10 Å². The lowest BCUT2D eigenvalue weighted by atomic mass is 10.3. The highest BCUT2D eigenvalue weighted by atomic mass is 79.9. The SMILES string of the molecule is Brc1ccc(CNCCn2cccn2)nc1. The normalized spacial score (nSPS) is 10.6. The molecule has 0 aliphatic rings. The van der Waals surface area contributed by atoms with E-state index in [1.54, 1.807) is 6.20 Å². The minimum Gasteiger partial charge on any atom is -0.309 e. The van der Waals surface area contributed by atoms with Gasteiger partial charge in [0.1, 0.15) is 0 Å². The van der Waals surface area contributed by atoms with Crippen molar-refractivity contribution >= 4 is 15.9 Å². The van der Waals surface area contributed by atoms with Crippen LogP contribution in [0, 0.1) is 0 Å². The van der Waals surface area contributed by atoms with E-state index in [1.165, 1.54) is 0 Å². The van der Waals surface area contributed by atoms with Crippen molar-refractivity contribution in [1.82, 2.24) is 20.1 Å². The highest BCUT2D eigenvalue weighted by Gasteiger charge is 1.94. The maximum absolute atomic E-state index is 4.28. The second-order valence-electron chi connectivity index (χ2n) is 3.41. The minimum atomic E-state index is 0.786. The Morgan fingerprint density at radius 2 is 2.31 bits per heavy atom. The predicted octanol–water partition coefficient (Wildman–Crippen LogP) is 1.83. The minimum absolute atomic E-state index is 0.786. The average Bonchev–Trinajstić information content (AvgIpc) is 2.80. The number of nitrogens with one attached hydrogen (secondary N) is 1. The van der Waals surface area contributed by atoms with Crippen molar-refractivity contribution in [3.8, 4) is 0 Å². The van der Waals surface area contributed by atoms with E-state index < -0.39 is 0 Å². The van der Waals surface area contributed by atoms with E-state index in [-0.39, 0.29) is 0 Å². The molecule has 0 aromatic carbocycles. The predicted molar refractivity (Wildman–Crippen MR) is 65.9 cm³/mol. The molecule has 0 amide bonds. The van der Waals surface area contributed by atoms with Gasteiger partial charge in [0.05, 0.1) is 12.2 Å². The van der Waals surface area contributed by atoms with E-state index in [9.17, 15) is 0 Å². The highest BCUT2D eigenvalue weighted by molar-refractivity contribution is 9.10. The third-order valence-electron chi connectivity index (χ3n) is 2.17. The summed E-state index contributed by atoms with van der Waals surface area (Å²) in [4.78, 5) is 4.28. The molecule has 84 valence electrons. The Bertz CT molecular complexity index is 410. The van der Waals surface area contributed by atoms with E-state index in [4.69, 9.17) is 0 Å². The van der Waals surface area contributed by atoms with Crippen molar-refractivity contribution in [2.45, 2.75) is 13.1 Å². The first-order valence-electron chi connectivity index (χ1n) is 5.13. The zero-order chi connectivity index (χ0) is 11.2. The summed E-state index contributed by atoms with van der Waals surface area (Å²) in [6.45, 7) is 2.55. The molecule has 2 aromatic rings. The first kappa shape index (κ1) is 11.3. The van der Waals surface area contributed by atoms with Crippen LogP contribution >= 0.6 is 15.9 Å². The maximum Gasteiger partial charge on any atom is 0.0542 e. The number of hydrogen-bond acceptors (Lipinski definition) is 3. The van der Waals surface area contributed by atoms with Crippen molar-refractivity contribution in [1.29, 1.82) is 0 Å². The summed E-state index contributed by atoms with van der Waals surface area (Å²) in [5, 5.41) is 7.45. The molecule has 0 saturated carbocycles. The van der Waals surface area contributed by atoms with Crippen LogP contribution in [-0.4, -0.2) is 21.3 Å². The molecular formula is C11H13BrN4. The monoisotopic (exact) mass is 280 g/mol. The Balaban J connectivity index is 1.70. The molecular weight excluding hydrogens is 268 g/mol. The van der Waals surface area contributed by atoms with E-state index in [0.29, 0.717) is 0 Å². The molecule has 0 bridgehead atoms. The summed E-state index contributed by atoms with van der Waals surface area (Å²) in [7, 11) is 0. The molecule has 0 unspecified atom stereocenters. The molecule has 0 spiro atoms. The molecule has 2 aromatic heterocycles. The van der Waals surface area contributed by atoms with Gasteiger partial charge in [-0.05, 0) is 34.1 Å². The standard InChI is InChI=1S/C11H13BrN4/c12-10-2-3-11(14-8-10)9-13-5-7-16-6-1-4-15-16/h1-4,6,8,13H,5,7,9H2. The molecule has 4 nitrogen and oxygen atoms in total.